The van der Waals surface area contributed by atoms with E-state index in [1.807, 2.05) is 0 Å². The van der Waals surface area contributed by atoms with Crippen LogP contribution in [0.15, 0.2) is 53.4 Å². The van der Waals surface area contributed by atoms with Crippen LogP contribution in [0, 0.1) is 0 Å². The number of aliphatic carboxylic acids is 1. The molecule has 2 aromatic rings. The molecule has 0 saturated carbocycles. The highest BCUT2D eigenvalue weighted by Crippen LogP contribution is 2.50. The monoisotopic (exact) mass is 607 g/mol. The Morgan fingerprint density at radius 3 is 2.35 bits per heavy atom. The lowest BCUT2D eigenvalue weighted by Crippen LogP contribution is -2.71. The highest BCUT2D eigenvalue weighted by Gasteiger charge is 2.64. The van der Waals surface area contributed by atoms with E-state index in [1.54, 1.807) is 38.1 Å². The fourth-order valence-electron chi connectivity index (χ4n) is 4.70. The van der Waals surface area contributed by atoms with Gasteiger partial charge in [0.15, 0.2) is 5.11 Å². The van der Waals surface area contributed by atoms with E-state index in [1.165, 1.54) is 40.9 Å². The summed E-state index contributed by atoms with van der Waals surface area (Å²) in [5, 5.41) is 32.8. The van der Waals surface area contributed by atoms with Crippen molar-refractivity contribution in [1.29, 1.82) is 0 Å². The number of thioether (sulfide) groups is 1. The van der Waals surface area contributed by atoms with Crippen LogP contribution in [0.2, 0.25) is 0 Å². The zero-order chi connectivity index (χ0) is 29.4. The largest absolute Gasteiger partial charge is 0.508 e. The minimum absolute atomic E-state index is 0.00572. The van der Waals surface area contributed by atoms with E-state index in [9.17, 15) is 33.0 Å². The number of nitrogens with zero attached hydrogens (tertiary/aromatic N) is 1. The highest BCUT2D eigenvalue weighted by atomic mass is 32.2. The maximum Gasteiger partial charge on any atom is 0.327 e. The molecule has 0 bridgehead atoms. The molecule has 0 aliphatic carbocycles. The number of β-lactam (4-membered cyclic amide) rings is 1. The number of thiocarbonyl (C=S) groups is 1. The molecular formula is C25H29N5O7S3. The number of aromatic hydroxyl groups is 1. The van der Waals surface area contributed by atoms with Crippen molar-refractivity contribution in [3.8, 4) is 5.75 Å². The molecule has 4 atom stereocenters. The number of rotatable bonds is 9. The number of carboxylic acids is 1. The Hall–Kier alpha value is -3.40. The van der Waals surface area contributed by atoms with Crippen LogP contribution in [0.25, 0.3) is 0 Å². The van der Waals surface area contributed by atoms with E-state index in [0.29, 0.717) is 18.5 Å². The third-order valence-corrected chi connectivity index (χ3v) is 9.45. The molecule has 2 aliphatic heterocycles. The third kappa shape index (κ3) is 6.16. The summed E-state index contributed by atoms with van der Waals surface area (Å²) in [6, 6.07) is 9.12. The Balaban J connectivity index is 1.40. The van der Waals surface area contributed by atoms with Crippen molar-refractivity contribution in [2.45, 2.75) is 53.4 Å². The number of carbonyl (C=O) groups is 3. The minimum atomic E-state index is -3.78. The molecular weight excluding hydrogens is 579 g/mol. The lowest BCUT2D eigenvalue weighted by molar-refractivity contribution is -0.161. The van der Waals surface area contributed by atoms with Gasteiger partial charge in [-0.2, -0.15) is 0 Å². The summed E-state index contributed by atoms with van der Waals surface area (Å²) in [5.41, 5.74) is 1.31. The molecule has 7 N–H and O–H groups in total. The quantitative estimate of drug-likeness (QED) is 0.171. The number of fused-ring (bicyclic) bond motifs is 1. The minimum Gasteiger partial charge on any atom is -0.508 e. The van der Waals surface area contributed by atoms with Gasteiger partial charge in [-0.1, -0.05) is 24.3 Å². The molecule has 214 valence electrons. The first-order valence-electron chi connectivity index (χ1n) is 12.2. The van der Waals surface area contributed by atoms with Crippen molar-refractivity contribution in [3.63, 3.8) is 0 Å². The maximum atomic E-state index is 13.4. The number of carboxylic acid groups (broad SMARTS) is 1. The molecule has 0 radical (unpaired) electrons. The number of sulfonamides is 1. The van der Waals surface area contributed by atoms with Gasteiger partial charge >= 0.3 is 5.97 Å². The first kappa shape index (κ1) is 29.6. The summed E-state index contributed by atoms with van der Waals surface area (Å²) in [4.78, 5) is 39.4. The normalized spacial score (nSPS) is 22.0. The number of hydrogen-bond donors (Lipinski definition) is 6. The highest BCUT2D eigenvalue weighted by molar-refractivity contribution is 8.01. The summed E-state index contributed by atoms with van der Waals surface area (Å²) >= 11 is 6.72. The summed E-state index contributed by atoms with van der Waals surface area (Å²) in [6.45, 7) is 3.87. The van der Waals surface area contributed by atoms with Gasteiger partial charge in [0.05, 0.1) is 4.90 Å². The number of nitrogens with one attached hydrogen (secondary N) is 3. The van der Waals surface area contributed by atoms with E-state index in [0.717, 1.165) is 5.56 Å². The molecule has 2 amide bonds. The van der Waals surface area contributed by atoms with Crippen LogP contribution >= 0.6 is 24.0 Å². The first-order chi connectivity index (χ1) is 18.7. The zero-order valence-corrected chi connectivity index (χ0v) is 24.0. The van der Waals surface area contributed by atoms with Gasteiger partial charge in [-0.25, -0.2) is 18.4 Å². The van der Waals surface area contributed by atoms with Gasteiger partial charge < -0.3 is 31.1 Å². The molecule has 15 heteroatoms. The number of carbonyl (C=O) groups excluding carboxylic acids is 2. The lowest BCUT2D eigenvalue weighted by atomic mass is 9.95. The average Bonchev–Trinajstić information content (AvgIpc) is 3.14. The topological polar surface area (TPSA) is 191 Å². The Labute approximate surface area is 240 Å². The summed E-state index contributed by atoms with van der Waals surface area (Å²) in [5.74, 6) is -2.12. The molecule has 2 saturated heterocycles. The molecule has 2 aliphatic rings. The molecule has 0 spiro atoms. The fourth-order valence-corrected chi connectivity index (χ4v) is 7.06. The smallest absolute Gasteiger partial charge is 0.327 e. The van der Waals surface area contributed by atoms with Crippen molar-refractivity contribution in [2.24, 2.45) is 5.14 Å². The number of hydrogen-bond acceptors (Lipinski definition) is 8. The fraction of sp³-hybridized carbons (Fsp3) is 0.360. The molecule has 0 unspecified atom stereocenters. The number of benzene rings is 2. The number of phenols is 1. The van der Waals surface area contributed by atoms with Crippen LogP contribution in [-0.4, -0.2) is 75.2 Å². The number of nitrogens with two attached hydrogens (primary N) is 1. The van der Waals surface area contributed by atoms with Crippen molar-refractivity contribution >= 4 is 56.9 Å². The molecule has 0 aromatic heterocycles. The average molecular weight is 608 g/mol. The molecule has 2 heterocycles. The van der Waals surface area contributed by atoms with Crippen LogP contribution in [-0.2, 0) is 30.8 Å². The summed E-state index contributed by atoms with van der Waals surface area (Å²) < 4.78 is 22.1. The van der Waals surface area contributed by atoms with Gasteiger partial charge in [-0.3, -0.25) is 9.59 Å². The zero-order valence-electron chi connectivity index (χ0n) is 21.5. The van der Waals surface area contributed by atoms with Gasteiger partial charge in [-0.15, -0.1) is 11.8 Å². The van der Waals surface area contributed by atoms with E-state index >= 15 is 0 Å². The first-order valence-corrected chi connectivity index (χ1v) is 15.0. The van der Waals surface area contributed by atoms with Crippen LogP contribution in [0.1, 0.15) is 31.0 Å². The Morgan fingerprint density at radius 1 is 1.15 bits per heavy atom. The number of phenolic OH excluding ortho intramolecular Hbond substituents is 1. The van der Waals surface area contributed by atoms with Crippen molar-refractivity contribution in [3.05, 3.63) is 59.7 Å². The second-order valence-electron chi connectivity index (χ2n) is 9.95. The van der Waals surface area contributed by atoms with Gasteiger partial charge in [0.25, 0.3) is 0 Å². The Kier molecular flexibility index (Phi) is 8.31. The third-order valence-electron chi connectivity index (χ3n) is 6.69. The maximum absolute atomic E-state index is 13.4. The van der Waals surface area contributed by atoms with Crippen LogP contribution < -0.4 is 21.1 Å². The SMILES string of the molecule is CC1(C)S[C@@H]2[C@H](NC(=O)[C@H](NC(=S)NCCc3ccc(S(N)(=O)=O)cc3)c3ccc(O)cc3)C(=O)N2[C@H]1C(=O)O. The second kappa shape index (κ2) is 11.2. The molecule has 2 aromatic carbocycles. The van der Waals surface area contributed by atoms with Crippen LogP contribution in [0.5, 0.6) is 5.75 Å². The van der Waals surface area contributed by atoms with Crippen molar-refractivity contribution in [2.75, 3.05) is 6.54 Å². The molecule has 4 rings (SSSR count). The van der Waals surface area contributed by atoms with Gasteiger partial charge in [0.1, 0.15) is 29.2 Å². The predicted octanol–water partition coefficient (Wildman–Crippen LogP) is 0.419. The summed E-state index contributed by atoms with van der Waals surface area (Å²) in [7, 11) is -3.78. The second-order valence-corrected chi connectivity index (χ2v) is 13.7. The molecule has 40 heavy (non-hydrogen) atoms. The number of amides is 2. The Morgan fingerprint density at radius 2 is 1.77 bits per heavy atom. The molecule has 12 nitrogen and oxygen atoms in total. The van der Waals surface area contributed by atoms with Crippen LogP contribution in [0.3, 0.4) is 0 Å². The molecule has 2 fully saturated rings. The summed E-state index contributed by atoms with van der Waals surface area (Å²) in [6.07, 6.45) is 0.495. The van der Waals surface area contributed by atoms with E-state index in [2.05, 4.69) is 16.0 Å². The van der Waals surface area contributed by atoms with Gasteiger partial charge in [0, 0.05) is 11.3 Å². The predicted molar refractivity (Wildman–Crippen MR) is 152 cm³/mol. The van der Waals surface area contributed by atoms with Gasteiger partial charge in [0.2, 0.25) is 21.8 Å². The van der Waals surface area contributed by atoms with Crippen molar-refractivity contribution < 1.29 is 33.0 Å². The van der Waals surface area contributed by atoms with Crippen LogP contribution in [0.4, 0.5) is 0 Å². The van der Waals surface area contributed by atoms with E-state index in [4.69, 9.17) is 17.4 Å². The standard InChI is InChI=1S/C25H29N5O7S3/c1-25(2)19(23(34)35)30-21(33)18(22(30)39-25)28-20(32)17(14-5-7-15(31)8-6-14)29-24(38)27-12-11-13-3-9-16(10-4-13)40(26,36)37/h3-10,17-19,22,31H,11-12H2,1-2H3,(H,28,32)(H,34,35)(H2,26,36,37)(H2,27,29,38)/t17-,18-,19+,22-/m1/s1. The number of primary sulfonamides is 1. The van der Waals surface area contributed by atoms with E-state index < -0.39 is 56.1 Å². The van der Waals surface area contributed by atoms with Crippen molar-refractivity contribution in [1.82, 2.24) is 20.9 Å². The van der Waals surface area contributed by atoms with Gasteiger partial charge in [-0.05, 0) is 67.9 Å². The lowest BCUT2D eigenvalue weighted by Gasteiger charge is -2.44. The van der Waals surface area contributed by atoms with E-state index in [-0.39, 0.29) is 15.8 Å². The Bertz CT molecular complexity index is 1430.